The standard InChI is InChI=1S/C18H19FN2O/c1-18(2,3)13-9-12(19)10-16(17(13)22-4)21-11-20-14-7-5-6-8-15(14)21/h5-11H,1-4H3. The monoisotopic (exact) mass is 298 g/mol. The fourth-order valence-corrected chi connectivity index (χ4v) is 2.68. The van der Waals surface area contributed by atoms with E-state index < -0.39 is 0 Å². The Morgan fingerprint density at radius 2 is 1.86 bits per heavy atom. The van der Waals surface area contributed by atoms with Crippen LogP contribution in [0.1, 0.15) is 26.3 Å². The van der Waals surface area contributed by atoms with E-state index in [9.17, 15) is 4.39 Å². The van der Waals surface area contributed by atoms with E-state index >= 15 is 0 Å². The minimum atomic E-state index is -0.279. The van der Waals surface area contributed by atoms with Gasteiger partial charge < -0.3 is 4.74 Å². The van der Waals surface area contributed by atoms with Gasteiger partial charge in [0.25, 0.3) is 0 Å². The number of methoxy groups -OCH3 is 1. The molecule has 2 aromatic carbocycles. The molecule has 0 radical (unpaired) electrons. The molecule has 0 saturated heterocycles. The number of aromatic nitrogens is 2. The van der Waals surface area contributed by atoms with Gasteiger partial charge in [0.15, 0.2) is 0 Å². The lowest BCUT2D eigenvalue weighted by Gasteiger charge is -2.24. The largest absolute Gasteiger partial charge is 0.494 e. The van der Waals surface area contributed by atoms with Gasteiger partial charge in [-0.1, -0.05) is 32.9 Å². The minimum absolute atomic E-state index is 0.224. The van der Waals surface area contributed by atoms with Crippen molar-refractivity contribution in [1.29, 1.82) is 0 Å². The molecule has 3 rings (SSSR count). The van der Waals surface area contributed by atoms with E-state index in [-0.39, 0.29) is 11.2 Å². The number of nitrogens with zero attached hydrogens (tertiary/aromatic N) is 2. The van der Waals surface area contributed by atoms with Crippen molar-refractivity contribution in [3.05, 3.63) is 54.1 Å². The van der Waals surface area contributed by atoms with Crippen molar-refractivity contribution >= 4 is 11.0 Å². The van der Waals surface area contributed by atoms with Crippen LogP contribution in [0.15, 0.2) is 42.7 Å². The van der Waals surface area contributed by atoms with E-state index in [0.29, 0.717) is 11.4 Å². The first-order chi connectivity index (χ1) is 10.4. The number of hydrogen-bond donors (Lipinski definition) is 0. The summed E-state index contributed by atoms with van der Waals surface area (Å²) in [4.78, 5) is 4.38. The van der Waals surface area contributed by atoms with Crippen LogP contribution in [0, 0.1) is 5.82 Å². The van der Waals surface area contributed by atoms with Gasteiger partial charge >= 0.3 is 0 Å². The number of rotatable bonds is 2. The van der Waals surface area contributed by atoms with Crippen molar-refractivity contribution in [3.8, 4) is 11.4 Å². The maximum atomic E-state index is 14.2. The molecule has 0 bridgehead atoms. The van der Waals surface area contributed by atoms with Crippen LogP contribution in [0.4, 0.5) is 4.39 Å². The highest BCUT2D eigenvalue weighted by atomic mass is 19.1. The second-order valence-corrected chi connectivity index (χ2v) is 6.36. The highest BCUT2D eigenvalue weighted by Crippen LogP contribution is 2.37. The van der Waals surface area contributed by atoms with Gasteiger partial charge in [-0.3, -0.25) is 4.57 Å². The fourth-order valence-electron chi connectivity index (χ4n) is 2.68. The topological polar surface area (TPSA) is 27.1 Å². The lowest BCUT2D eigenvalue weighted by molar-refractivity contribution is 0.394. The summed E-state index contributed by atoms with van der Waals surface area (Å²) in [5.74, 6) is 0.399. The third-order valence-corrected chi connectivity index (χ3v) is 3.76. The molecule has 0 saturated carbocycles. The zero-order chi connectivity index (χ0) is 15.9. The molecule has 0 atom stereocenters. The molecule has 3 nitrogen and oxygen atoms in total. The SMILES string of the molecule is COc1c(-n2cnc3ccccc32)cc(F)cc1C(C)(C)C. The summed E-state index contributed by atoms with van der Waals surface area (Å²) in [7, 11) is 1.62. The first kappa shape index (κ1) is 14.6. The molecule has 0 fully saturated rings. The van der Waals surface area contributed by atoms with Crippen molar-refractivity contribution < 1.29 is 9.13 Å². The van der Waals surface area contributed by atoms with Gasteiger partial charge in [-0.25, -0.2) is 9.37 Å². The van der Waals surface area contributed by atoms with E-state index in [1.54, 1.807) is 19.5 Å². The Labute approximate surface area is 129 Å². The second-order valence-electron chi connectivity index (χ2n) is 6.36. The molecule has 4 heteroatoms. The molecule has 0 aliphatic heterocycles. The Morgan fingerprint density at radius 3 is 2.55 bits per heavy atom. The Hall–Kier alpha value is -2.36. The summed E-state index contributed by atoms with van der Waals surface area (Å²) in [5.41, 5.74) is 3.07. The van der Waals surface area contributed by atoms with Gasteiger partial charge in [-0.15, -0.1) is 0 Å². The molecule has 114 valence electrons. The molecule has 0 N–H and O–H groups in total. The van der Waals surface area contributed by atoms with E-state index in [1.807, 2.05) is 49.6 Å². The number of fused-ring (bicyclic) bond motifs is 1. The van der Waals surface area contributed by atoms with Crippen LogP contribution >= 0.6 is 0 Å². The summed E-state index contributed by atoms with van der Waals surface area (Å²) in [6, 6.07) is 10.8. The number of hydrogen-bond acceptors (Lipinski definition) is 2. The van der Waals surface area contributed by atoms with Crippen molar-refractivity contribution in [1.82, 2.24) is 9.55 Å². The molecule has 1 heterocycles. The van der Waals surface area contributed by atoms with E-state index in [0.717, 1.165) is 16.6 Å². The third-order valence-electron chi connectivity index (χ3n) is 3.76. The Balaban J connectivity index is 2.33. The molecule has 0 aliphatic rings. The Kier molecular flexibility index (Phi) is 3.39. The summed E-state index contributed by atoms with van der Waals surface area (Å²) in [5, 5.41) is 0. The first-order valence-corrected chi connectivity index (χ1v) is 7.22. The van der Waals surface area contributed by atoms with E-state index in [4.69, 9.17) is 4.74 Å². The zero-order valence-electron chi connectivity index (χ0n) is 13.2. The predicted molar refractivity (Wildman–Crippen MR) is 86.3 cm³/mol. The Bertz CT molecular complexity index is 831. The number of halogens is 1. The van der Waals surface area contributed by atoms with Gasteiger partial charge in [0.2, 0.25) is 0 Å². The molecule has 0 unspecified atom stereocenters. The molecule has 0 spiro atoms. The molecular weight excluding hydrogens is 279 g/mol. The lowest BCUT2D eigenvalue weighted by Crippen LogP contribution is -2.15. The summed E-state index contributed by atoms with van der Waals surface area (Å²) >= 11 is 0. The molecule has 0 amide bonds. The molecule has 0 aliphatic carbocycles. The molecule has 3 aromatic rings. The highest BCUT2D eigenvalue weighted by molar-refractivity contribution is 5.78. The van der Waals surface area contributed by atoms with E-state index in [2.05, 4.69) is 4.98 Å². The van der Waals surface area contributed by atoms with Gasteiger partial charge in [0.1, 0.15) is 17.9 Å². The maximum Gasteiger partial charge on any atom is 0.146 e. The summed E-state index contributed by atoms with van der Waals surface area (Å²) < 4.78 is 21.7. The van der Waals surface area contributed by atoms with Gasteiger partial charge in [0.05, 0.1) is 23.8 Å². The Morgan fingerprint density at radius 1 is 1.14 bits per heavy atom. The van der Waals surface area contributed by atoms with Crippen molar-refractivity contribution in [3.63, 3.8) is 0 Å². The first-order valence-electron chi connectivity index (χ1n) is 7.22. The van der Waals surface area contributed by atoms with E-state index in [1.165, 1.54) is 6.07 Å². The van der Waals surface area contributed by atoms with Crippen molar-refractivity contribution in [2.75, 3.05) is 7.11 Å². The van der Waals surface area contributed by atoms with Crippen LogP contribution < -0.4 is 4.74 Å². The van der Waals surface area contributed by atoms with Crippen LogP contribution in [0.5, 0.6) is 5.75 Å². The predicted octanol–water partition coefficient (Wildman–Crippen LogP) is 4.47. The molecule has 22 heavy (non-hydrogen) atoms. The molecular formula is C18H19FN2O. The average molecular weight is 298 g/mol. The van der Waals surface area contributed by atoms with Crippen LogP contribution in [-0.2, 0) is 5.41 Å². The number of para-hydroxylation sites is 2. The van der Waals surface area contributed by atoms with Crippen LogP contribution in [0.2, 0.25) is 0 Å². The lowest BCUT2D eigenvalue weighted by atomic mass is 9.85. The van der Waals surface area contributed by atoms with Gasteiger partial charge in [0, 0.05) is 11.6 Å². The van der Waals surface area contributed by atoms with Crippen molar-refractivity contribution in [2.45, 2.75) is 26.2 Å². The number of benzene rings is 2. The average Bonchev–Trinajstić information content (AvgIpc) is 2.89. The van der Waals surface area contributed by atoms with Crippen molar-refractivity contribution in [2.24, 2.45) is 0 Å². The fraction of sp³-hybridized carbons (Fsp3) is 0.278. The number of ether oxygens (including phenoxy) is 1. The second kappa shape index (κ2) is 5.13. The van der Waals surface area contributed by atoms with Crippen LogP contribution in [0.3, 0.4) is 0 Å². The summed E-state index contributed by atoms with van der Waals surface area (Å²) in [6.45, 7) is 6.13. The normalized spacial score (nSPS) is 11.9. The third kappa shape index (κ3) is 2.34. The zero-order valence-corrected chi connectivity index (χ0v) is 13.2. The molecule has 1 aromatic heterocycles. The maximum absolute atomic E-state index is 14.2. The number of imidazole rings is 1. The minimum Gasteiger partial charge on any atom is -0.494 e. The van der Waals surface area contributed by atoms with Gasteiger partial charge in [-0.05, 0) is 23.6 Å². The smallest absolute Gasteiger partial charge is 0.146 e. The highest BCUT2D eigenvalue weighted by Gasteiger charge is 2.24. The summed E-state index contributed by atoms with van der Waals surface area (Å²) in [6.07, 6.45) is 1.70. The quantitative estimate of drug-likeness (QED) is 0.698. The van der Waals surface area contributed by atoms with Gasteiger partial charge in [-0.2, -0.15) is 0 Å². The van der Waals surface area contributed by atoms with Crippen LogP contribution in [0.25, 0.3) is 16.7 Å². The van der Waals surface area contributed by atoms with Crippen LogP contribution in [-0.4, -0.2) is 16.7 Å².